The molecule has 0 aliphatic heterocycles. The zero-order chi connectivity index (χ0) is 18.7. The standard InChI is InChI=1S/C18H19ClFN5O/c1-12-18(22-17(26)6-7-24-11-15(19)9-21-24)13(2)25(23-12)10-14-4-3-5-16(20)8-14/h3-5,8-9,11H,6-7,10H2,1-2H3,(H,22,26). The van der Waals surface area contributed by atoms with Gasteiger partial charge in [0.15, 0.2) is 0 Å². The first-order valence-electron chi connectivity index (χ1n) is 8.18. The SMILES string of the molecule is Cc1nn(Cc2cccc(F)c2)c(C)c1NC(=O)CCn1cc(Cl)cn1. The van der Waals surface area contributed by atoms with E-state index in [9.17, 15) is 9.18 Å². The normalized spacial score (nSPS) is 10.9. The van der Waals surface area contributed by atoms with Crippen LogP contribution in [0.1, 0.15) is 23.4 Å². The molecule has 0 saturated heterocycles. The number of carbonyl (C=O) groups excluding carboxylic acids is 1. The number of benzene rings is 1. The van der Waals surface area contributed by atoms with Gasteiger partial charge in [0, 0.05) is 19.2 Å². The number of hydrogen-bond acceptors (Lipinski definition) is 3. The van der Waals surface area contributed by atoms with Gasteiger partial charge in [-0.1, -0.05) is 23.7 Å². The van der Waals surface area contributed by atoms with E-state index in [4.69, 9.17) is 11.6 Å². The van der Waals surface area contributed by atoms with E-state index in [-0.39, 0.29) is 18.1 Å². The summed E-state index contributed by atoms with van der Waals surface area (Å²) in [7, 11) is 0. The Morgan fingerprint density at radius 2 is 2.15 bits per heavy atom. The number of hydrogen-bond donors (Lipinski definition) is 1. The molecule has 2 aromatic heterocycles. The summed E-state index contributed by atoms with van der Waals surface area (Å²) in [5.41, 5.74) is 3.03. The van der Waals surface area contributed by atoms with Gasteiger partial charge in [-0.3, -0.25) is 14.2 Å². The molecule has 6 nitrogen and oxygen atoms in total. The molecule has 1 N–H and O–H groups in total. The molecule has 0 fully saturated rings. The molecule has 0 bridgehead atoms. The van der Waals surface area contributed by atoms with E-state index in [1.54, 1.807) is 21.6 Å². The van der Waals surface area contributed by atoms with E-state index >= 15 is 0 Å². The highest BCUT2D eigenvalue weighted by Gasteiger charge is 2.14. The third-order valence-corrected chi connectivity index (χ3v) is 4.23. The molecule has 1 amide bonds. The van der Waals surface area contributed by atoms with Gasteiger partial charge in [-0.05, 0) is 31.5 Å². The van der Waals surface area contributed by atoms with Gasteiger partial charge in [-0.2, -0.15) is 10.2 Å². The summed E-state index contributed by atoms with van der Waals surface area (Å²) in [6.07, 6.45) is 3.47. The third-order valence-electron chi connectivity index (χ3n) is 4.04. The van der Waals surface area contributed by atoms with Crippen LogP contribution in [0.3, 0.4) is 0 Å². The largest absolute Gasteiger partial charge is 0.323 e. The number of halogens is 2. The van der Waals surface area contributed by atoms with Crippen LogP contribution in [0.4, 0.5) is 10.1 Å². The van der Waals surface area contributed by atoms with Crippen molar-refractivity contribution in [1.82, 2.24) is 19.6 Å². The van der Waals surface area contributed by atoms with Gasteiger partial charge in [0.1, 0.15) is 5.82 Å². The highest BCUT2D eigenvalue weighted by Crippen LogP contribution is 2.21. The number of anilines is 1. The van der Waals surface area contributed by atoms with Gasteiger partial charge in [-0.15, -0.1) is 0 Å². The van der Waals surface area contributed by atoms with E-state index in [1.807, 2.05) is 19.9 Å². The summed E-state index contributed by atoms with van der Waals surface area (Å²) in [5, 5.41) is 11.9. The summed E-state index contributed by atoms with van der Waals surface area (Å²) >= 11 is 5.81. The number of carbonyl (C=O) groups is 1. The fourth-order valence-corrected chi connectivity index (χ4v) is 2.87. The third kappa shape index (κ3) is 4.29. The smallest absolute Gasteiger partial charge is 0.226 e. The van der Waals surface area contributed by atoms with Crippen molar-refractivity contribution in [1.29, 1.82) is 0 Å². The molecule has 26 heavy (non-hydrogen) atoms. The summed E-state index contributed by atoms with van der Waals surface area (Å²) in [5.74, 6) is -0.413. The molecule has 0 saturated carbocycles. The van der Waals surface area contributed by atoms with Gasteiger partial charge in [0.2, 0.25) is 5.91 Å². The van der Waals surface area contributed by atoms with Crippen LogP contribution in [-0.2, 0) is 17.9 Å². The first-order valence-corrected chi connectivity index (χ1v) is 8.56. The van der Waals surface area contributed by atoms with Crippen LogP contribution < -0.4 is 5.32 Å². The van der Waals surface area contributed by atoms with Crippen LogP contribution >= 0.6 is 11.6 Å². The second-order valence-corrected chi connectivity index (χ2v) is 6.49. The lowest BCUT2D eigenvalue weighted by atomic mass is 10.2. The second-order valence-electron chi connectivity index (χ2n) is 6.05. The lowest BCUT2D eigenvalue weighted by molar-refractivity contribution is -0.116. The van der Waals surface area contributed by atoms with Gasteiger partial charge >= 0.3 is 0 Å². The summed E-state index contributed by atoms with van der Waals surface area (Å²) in [6, 6.07) is 6.39. The lowest BCUT2D eigenvalue weighted by Crippen LogP contribution is -2.15. The van der Waals surface area contributed by atoms with Gasteiger partial charge < -0.3 is 5.32 Å². The Hall–Kier alpha value is -2.67. The fourth-order valence-electron chi connectivity index (χ4n) is 2.72. The Bertz CT molecular complexity index is 934. The molecule has 3 rings (SSSR count). The van der Waals surface area contributed by atoms with Crippen molar-refractivity contribution in [3.63, 3.8) is 0 Å². The van der Waals surface area contributed by atoms with Crippen LogP contribution in [0.25, 0.3) is 0 Å². The van der Waals surface area contributed by atoms with Crippen LogP contribution in [-0.4, -0.2) is 25.5 Å². The van der Waals surface area contributed by atoms with Crippen LogP contribution in [0, 0.1) is 19.7 Å². The Morgan fingerprint density at radius 3 is 2.85 bits per heavy atom. The molecule has 0 aliphatic carbocycles. The zero-order valence-electron chi connectivity index (χ0n) is 14.5. The molecule has 0 spiro atoms. The predicted molar refractivity (Wildman–Crippen MR) is 97.7 cm³/mol. The minimum absolute atomic E-state index is 0.131. The molecule has 0 aliphatic rings. The van der Waals surface area contributed by atoms with Gasteiger partial charge in [0.25, 0.3) is 0 Å². The second kappa shape index (κ2) is 7.70. The topological polar surface area (TPSA) is 64.7 Å². The van der Waals surface area contributed by atoms with Crippen LogP contribution in [0.5, 0.6) is 0 Å². The molecular weight excluding hydrogens is 357 g/mol. The minimum atomic E-state index is -0.281. The van der Waals surface area contributed by atoms with Crippen molar-refractivity contribution >= 4 is 23.2 Å². The maximum atomic E-state index is 13.4. The zero-order valence-corrected chi connectivity index (χ0v) is 15.3. The van der Waals surface area contributed by atoms with E-state index in [0.29, 0.717) is 23.8 Å². The molecule has 3 aromatic rings. The highest BCUT2D eigenvalue weighted by atomic mass is 35.5. The van der Waals surface area contributed by atoms with Gasteiger partial charge in [-0.25, -0.2) is 4.39 Å². The monoisotopic (exact) mass is 375 g/mol. The first-order chi connectivity index (χ1) is 12.4. The van der Waals surface area contributed by atoms with Crippen molar-refractivity contribution in [3.05, 3.63) is 64.5 Å². The van der Waals surface area contributed by atoms with E-state index in [0.717, 1.165) is 17.0 Å². The average Bonchev–Trinajstić information content (AvgIpc) is 3.12. The molecule has 0 atom stereocenters. The number of nitrogens with zero attached hydrogens (tertiary/aromatic N) is 4. The van der Waals surface area contributed by atoms with Crippen molar-refractivity contribution in [3.8, 4) is 0 Å². The summed E-state index contributed by atoms with van der Waals surface area (Å²) < 4.78 is 16.7. The lowest BCUT2D eigenvalue weighted by Gasteiger charge is -2.08. The average molecular weight is 376 g/mol. The number of aromatic nitrogens is 4. The van der Waals surface area contributed by atoms with Crippen molar-refractivity contribution in [2.45, 2.75) is 33.4 Å². The number of aryl methyl sites for hydroxylation is 2. The van der Waals surface area contributed by atoms with E-state index < -0.39 is 0 Å². The Morgan fingerprint density at radius 1 is 1.35 bits per heavy atom. The predicted octanol–water partition coefficient (Wildman–Crippen LogP) is 3.57. The maximum Gasteiger partial charge on any atom is 0.226 e. The number of rotatable bonds is 6. The first kappa shape index (κ1) is 18.1. The van der Waals surface area contributed by atoms with Crippen molar-refractivity contribution < 1.29 is 9.18 Å². The molecule has 1 aromatic carbocycles. The quantitative estimate of drug-likeness (QED) is 0.716. The van der Waals surface area contributed by atoms with Gasteiger partial charge in [0.05, 0.1) is 34.8 Å². The van der Waals surface area contributed by atoms with E-state index in [1.165, 1.54) is 18.3 Å². The maximum absolute atomic E-state index is 13.4. The number of nitrogens with one attached hydrogen (secondary N) is 1. The molecule has 0 unspecified atom stereocenters. The van der Waals surface area contributed by atoms with Crippen molar-refractivity contribution in [2.24, 2.45) is 0 Å². The molecule has 2 heterocycles. The van der Waals surface area contributed by atoms with Crippen LogP contribution in [0.2, 0.25) is 5.02 Å². The molecule has 136 valence electrons. The fraction of sp³-hybridized carbons (Fsp3) is 0.278. The Kier molecular flexibility index (Phi) is 5.37. The Balaban J connectivity index is 1.66. The Labute approximate surface area is 155 Å². The van der Waals surface area contributed by atoms with E-state index in [2.05, 4.69) is 15.5 Å². The summed E-state index contributed by atoms with van der Waals surface area (Å²) in [6.45, 7) is 4.58. The number of amides is 1. The molecule has 8 heteroatoms. The summed E-state index contributed by atoms with van der Waals surface area (Å²) in [4.78, 5) is 12.2. The molecular formula is C18H19ClFN5O. The molecule has 0 radical (unpaired) electrons. The minimum Gasteiger partial charge on any atom is -0.323 e. The van der Waals surface area contributed by atoms with Crippen molar-refractivity contribution in [2.75, 3.05) is 5.32 Å². The highest BCUT2D eigenvalue weighted by molar-refractivity contribution is 6.30. The van der Waals surface area contributed by atoms with Crippen LogP contribution in [0.15, 0.2) is 36.7 Å².